The van der Waals surface area contributed by atoms with Gasteiger partial charge in [-0.15, -0.1) is 0 Å². The number of ether oxygens (including phenoxy) is 1. The number of likely N-dealkylation sites (tertiary alicyclic amines) is 1. The number of aryl methyl sites for hydroxylation is 1. The fraction of sp³-hybridized carbons (Fsp3) is 0.720. The number of alkyl carbamates (subject to hydrolysis) is 1. The molecule has 1 saturated heterocycles. The maximum Gasteiger partial charge on any atom is 0.433 e. The minimum absolute atomic E-state index is 0.0186. The second kappa shape index (κ2) is 11.2. The lowest BCUT2D eigenvalue weighted by Gasteiger charge is -2.35. The third kappa shape index (κ3) is 7.78. The number of carbonyl (C=O) groups excluding carboxylic acids is 3. The van der Waals surface area contributed by atoms with Crippen LogP contribution in [-0.4, -0.2) is 69.0 Å². The van der Waals surface area contributed by atoms with Gasteiger partial charge >= 0.3 is 12.3 Å². The molecule has 0 spiro atoms. The van der Waals surface area contributed by atoms with Gasteiger partial charge in [-0.1, -0.05) is 13.8 Å². The first-order valence-corrected chi connectivity index (χ1v) is 12.7. The number of fused-ring (bicyclic) bond motifs is 1. The maximum atomic E-state index is 13.6. The van der Waals surface area contributed by atoms with Gasteiger partial charge < -0.3 is 19.9 Å². The van der Waals surface area contributed by atoms with Crippen LogP contribution in [0.2, 0.25) is 0 Å². The van der Waals surface area contributed by atoms with E-state index in [9.17, 15) is 27.6 Å². The van der Waals surface area contributed by atoms with Crippen molar-refractivity contribution in [3.63, 3.8) is 0 Å². The second-order valence-electron chi connectivity index (χ2n) is 10.8. The Bertz CT molecular complexity index is 1020. The number of rotatable bonds is 6. The summed E-state index contributed by atoms with van der Waals surface area (Å²) in [5.41, 5.74) is -1.48. The molecule has 0 radical (unpaired) electrons. The average molecular weight is 528 g/mol. The third-order valence-electron chi connectivity index (χ3n) is 6.37. The maximum absolute atomic E-state index is 13.6. The molecule has 0 aromatic carbocycles. The number of carbonyl (C=O) groups is 3. The Morgan fingerprint density at radius 3 is 2.51 bits per heavy atom. The molecule has 2 aliphatic heterocycles. The first-order valence-electron chi connectivity index (χ1n) is 12.7. The minimum atomic E-state index is -4.61. The highest BCUT2D eigenvalue weighted by Gasteiger charge is 2.39. The van der Waals surface area contributed by atoms with Crippen LogP contribution in [0.3, 0.4) is 0 Å². The molecule has 206 valence electrons. The van der Waals surface area contributed by atoms with Gasteiger partial charge in [-0.2, -0.15) is 13.2 Å². The van der Waals surface area contributed by atoms with E-state index in [0.29, 0.717) is 18.9 Å². The Hall–Kier alpha value is -2.92. The molecular weight excluding hydrogens is 491 g/mol. The standard InChI is InChI=1S/C25H36F3N5O4/c1-6-19-30-18-14-32(10-9-17(18)22(31-19)25(26,27)28)21(35)11-16(29-23(36)37-24(3,4)5)13-33-12-15(2)7-8-20(33)34/h15-16H,6-14H2,1-5H3,(H,29,36)/t15-,16+/m1/s1. The van der Waals surface area contributed by atoms with E-state index in [1.807, 2.05) is 6.92 Å². The Labute approximate surface area is 215 Å². The Balaban J connectivity index is 1.77. The zero-order valence-corrected chi connectivity index (χ0v) is 22.1. The molecule has 2 atom stereocenters. The summed E-state index contributed by atoms with van der Waals surface area (Å²) in [6.07, 6.45) is -4.05. The molecule has 37 heavy (non-hydrogen) atoms. The van der Waals surface area contributed by atoms with E-state index >= 15 is 0 Å². The molecule has 9 nitrogen and oxygen atoms in total. The summed E-state index contributed by atoms with van der Waals surface area (Å²) < 4.78 is 46.1. The van der Waals surface area contributed by atoms with E-state index < -0.39 is 29.6 Å². The van der Waals surface area contributed by atoms with Gasteiger partial charge in [-0.05, 0) is 39.5 Å². The van der Waals surface area contributed by atoms with Crippen molar-refractivity contribution in [1.29, 1.82) is 0 Å². The van der Waals surface area contributed by atoms with Crippen molar-refractivity contribution in [2.45, 2.75) is 91.1 Å². The number of piperidine rings is 1. The van der Waals surface area contributed by atoms with Crippen molar-refractivity contribution < 1.29 is 32.3 Å². The molecule has 3 amide bonds. The fourth-order valence-corrected chi connectivity index (χ4v) is 4.60. The lowest BCUT2D eigenvalue weighted by Crippen LogP contribution is -2.51. The van der Waals surface area contributed by atoms with E-state index in [-0.39, 0.29) is 67.8 Å². The Kier molecular flexibility index (Phi) is 8.69. The number of aromatic nitrogens is 2. The van der Waals surface area contributed by atoms with Crippen LogP contribution in [0.25, 0.3) is 0 Å². The number of alkyl halides is 3. The molecule has 3 rings (SSSR count). The highest BCUT2D eigenvalue weighted by Crippen LogP contribution is 2.34. The first kappa shape index (κ1) is 28.6. The van der Waals surface area contributed by atoms with Crippen LogP contribution in [0.1, 0.15) is 76.7 Å². The molecule has 1 aromatic heterocycles. The van der Waals surface area contributed by atoms with E-state index in [0.717, 1.165) is 6.42 Å². The number of nitrogens with one attached hydrogen (secondary N) is 1. The summed E-state index contributed by atoms with van der Waals surface area (Å²) in [6, 6.07) is -0.722. The van der Waals surface area contributed by atoms with Gasteiger partial charge in [0.1, 0.15) is 11.4 Å². The number of hydrogen-bond acceptors (Lipinski definition) is 6. The molecular formula is C25H36F3N5O4. The normalized spacial score (nSPS) is 19.4. The van der Waals surface area contributed by atoms with E-state index in [1.165, 1.54) is 4.90 Å². The van der Waals surface area contributed by atoms with Crippen LogP contribution in [-0.2, 0) is 39.9 Å². The highest BCUT2D eigenvalue weighted by molar-refractivity contribution is 5.79. The van der Waals surface area contributed by atoms with Gasteiger partial charge in [-0.3, -0.25) is 9.59 Å². The molecule has 1 fully saturated rings. The van der Waals surface area contributed by atoms with Crippen LogP contribution in [0.5, 0.6) is 0 Å². The Morgan fingerprint density at radius 1 is 1.19 bits per heavy atom. The van der Waals surface area contributed by atoms with Gasteiger partial charge in [-0.25, -0.2) is 14.8 Å². The molecule has 3 heterocycles. The monoisotopic (exact) mass is 527 g/mol. The summed E-state index contributed by atoms with van der Waals surface area (Å²) in [5.74, 6) is -0.0293. The number of amides is 3. The van der Waals surface area contributed by atoms with Crippen LogP contribution >= 0.6 is 0 Å². The molecule has 0 bridgehead atoms. The van der Waals surface area contributed by atoms with Crippen molar-refractivity contribution in [1.82, 2.24) is 25.1 Å². The van der Waals surface area contributed by atoms with Gasteiger partial charge in [0.2, 0.25) is 11.8 Å². The SMILES string of the molecule is CCc1nc2c(c(C(F)(F)F)n1)CCN(C(=O)C[C@@H](CN1C[C@H](C)CCC1=O)NC(=O)OC(C)(C)C)C2. The number of hydrogen-bond donors (Lipinski definition) is 1. The summed E-state index contributed by atoms with van der Waals surface area (Å²) in [7, 11) is 0. The van der Waals surface area contributed by atoms with Crippen molar-refractivity contribution in [3.8, 4) is 0 Å². The minimum Gasteiger partial charge on any atom is -0.444 e. The number of halogens is 3. The molecule has 0 unspecified atom stereocenters. The topological polar surface area (TPSA) is 105 Å². The first-order chi connectivity index (χ1) is 17.2. The number of nitrogens with zero attached hydrogens (tertiary/aromatic N) is 4. The van der Waals surface area contributed by atoms with Crippen LogP contribution < -0.4 is 5.32 Å². The van der Waals surface area contributed by atoms with E-state index in [1.54, 1.807) is 32.6 Å². The summed E-state index contributed by atoms with van der Waals surface area (Å²) in [4.78, 5) is 49.3. The summed E-state index contributed by atoms with van der Waals surface area (Å²) in [5, 5.41) is 2.72. The Morgan fingerprint density at radius 2 is 1.89 bits per heavy atom. The van der Waals surface area contributed by atoms with Crippen LogP contribution in [0.15, 0.2) is 0 Å². The molecule has 2 aliphatic rings. The van der Waals surface area contributed by atoms with Crippen molar-refractivity contribution in [3.05, 3.63) is 22.8 Å². The average Bonchev–Trinajstić information content (AvgIpc) is 2.78. The van der Waals surface area contributed by atoms with E-state index in [2.05, 4.69) is 15.3 Å². The molecule has 1 N–H and O–H groups in total. The second-order valence-corrected chi connectivity index (χ2v) is 10.8. The molecule has 1 aromatic rings. The smallest absolute Gasteiger partial charge is 0.433 e. The predicted molar refractivity (Wildman–Crippen MR) is 128 cm³/mol. The molecule has 12 heteroatoms. The van der Waals surface area contributed by atoms with Crippen LogP contribution in [0, 0.1) is 5.92 Å². The van der Waals surface area contributed by atoms with Gasteiger partial charge in [0.05, 0.1) is 18.3 Å². The zero-order chi connectivity index (χ0) is 27.5. The lowest BCUT2D eigenvalue weighted by molar-refractivity contribution is -0.142. The summed E-state index contributed by atoms with van der Waals surface area (Å²) in [6.45, 7) is 9.51. The van der Waals surface area contributed by atoms with Gasteiger partial charge in [0, 0.05) is 44.5 Å². The van der Waals surface area contributed by atoms with Gasteiger partial charge in [0.15, 0.2) is 5.69 Å². The molecule has 0 saturated carbocycles. The lowest BCUT2D eigenvalue weighted by atomic mass is 9.98. The van der Waals surface area contributed by atoms with Crippen molar-refractivity contribution in [2.75, 3.05) is 19.6 Å². The largest absolute Gasteiger partial charge is 0.444 e. The highest BCUT2D eigenvalue weighted by atomic mass is 19.4. The van der Waals surface area contributed by atoms with Gasteiger partial charge in [0.25, 0.3) is 0 Å². The van der Waals surface area contributed by atoms with E-state index in [4.69, 9.17) is 4.74 Å². The van der Waals surface area contributed by atoms with Crippen molar-refractivity contribution >= 4 is 17.9 Å². The summed E-state index contributed by atoms with van der Waals surface area (Å²) >= 11 is 0. The predicted octanol–water partition coefficient (Wildman–Crippen LogP) is 3.48. The quantitative estimate of drug-likeness (QED) is 0.608. The van der Waals surface area contributed by atoms with Crippen molar-refractivity contribution in [2.24, 2.45) is 5.92 Å². The van der Waals surface area contributed by atoms with Crippen LogP contribution in [0.4, 0.5) is 18.0 Å². The zero-order valence-electron chi connectivity index (χ0n) is 22.1. The molecule has 0 aliphatic carbocycles. The fourth-order valence-electron chi connectivity index (χ4n) is 4.60. The third-order valence-corrected chi connectivity index (χ3v) is 6.37.